The van der Waals surface area contributed by atoms with Gasteiger partial charge in [-0.3, -0.25) is 19.4 Å². The molecule has 2 N–H and O–H groups in total. The Balaban J connectivity index is 1.56. The largest absolute Gasteiger partial charge is 0.481 e. The molecule has 0 aliphatic heterocycles. The lowest BCUT2D eigenvalue weighted by atomic mass is 9.94. The third-order valence-corrected chi connectivity index (χ3v) is 6.41. The van der Waals surface area contributed by atoms with E-state index in [0.717, 1.165) is 11.3 Å². The molecule has 0 atom stereocenters. The van der Waals surface area contributed by atoms with Crippen LogP contribution in [0.3, 0.4) is 0 Å². The van der Waals surface area contributed by atoms with Crippen LogP contribution in [-0.2, 0) is 17.6 Å². The van der Waals surface area contributed by atoms with Crippen molar-refractivity contribution in [1.82, 2.24) is 15.2 Å². The summed E-state index contributed by atoms with van der Waals surface area (Å²) in [5.74, 6) is -1.49. The van der Waals surface area contributed by atoms with Gasteiger partial charge >= 0.3 is 5.97 Å². The summed E-state index contributed by atoms with van der Waals surface area (Å²) in [5.41, 5.74) is 4.09. The normalized spacial score (nSPS) is 10.6. The van der Waals surface area contributed by atoms with Gasteiger partial charge in [0.1, 0.15) is 0 Å². The maximum absolute atomic E-state index is 13.8. The predicted octanol–water partition coefficient (Wildman–Crippen LogP) is 4.88. The summed E-state index contributed by atoms with van der Waals surface area (Å²) in [6.45, 7) is 0.865. The quantitative estimate of drug-likeness (QED) is 0.277. The molecule has 3 aromatic carbocycles. The van der Waals surface area contributed by atoms with Gasteiger partial charge in [-0.25, -0.2) is 0 Å². The van der Waals surface area contributed by atoms with Gasteiger partial charge in [0.05, 0.1) is 6.42 Å². The highest BCUT2D eigenvalue weighted by Gasteiger charge is 2.22. The number of pyridine rings is 1. The molecule has 0 spiro atoms. The van der Waals surface area contributed by atoms with Crippen molar-refractivity contribution in [2.75, 3.05) is 19.6 Å². The summed E-state index contributed by atoms with van der Waals surface area (Å²) in [5, 5.41) is 12.3. The SMILES string of the molecule is O=C(O)CCN(CCc1ccccn1)C(=O)c1ccccc1-c1ccccc1C(=O)NCCc1ccccc1. The van der Waals surface area contributed by atoms with E-state index in [2.05, 4.69) is 10.3 Å². The number of carboxylic acid groups (broad SMARTS) is 1. The van der Waals surface area contributed by atoms with Crippen molar-refractivity contribution in [3.63, 3.8) is 0 Å². The highest BCUT2D eigenvalue weighted by Crippen LogP contribution is 2.28. The van der Waals surface area contributed by atoms with Gasteiger partial charge in [0.15, 0.2) is 0 Å². The Morgan fingerprint density at radius 2 is 1.36 bits per heavy atom. The number of carbonyl (C=O) groups is 3. The first-order valence-corrected chi connectivity index (χ1v) is 12.9. The number of carbonyl (C=O) groups excluding carboxylic acids is 2. The van der Waals surface area contributed by atoms with Crippen molar-refractivity contribution >= 4 is 17.8 Å². The molecule has 0 bridgehead atoms. The molecule has 1 heterocycles. The summed E-state index contributed by atoms with van der Waals surface area (Å²) in [7, 11) is 0. The Morgan fingerprint density at radius 3 is 2.05 bits per heavy atom. The number of aromatic nitrogens is 1. The minimum Gasteiger partial charge on any atom is -0.481 e. The molecular weight excluding hydrogens is 490 g/mol. The summed E-state index contributed by atoms with van der Waals surface area (Å²) < 4.78 is 0. The molecule has 4 rings (SSSR count). The number of hydrogen-bond donors (Lipinski definition) is 2. The van der Waals surface area contributed by atoms with Gasteiger partial charge in [-0.05, 0) is 47.4 Å². The van der Waals surface area contributed by atoms with Crippen molar-refractivity contribution in [3.05, 3.63) is 126 Å². The van der Waals surface area contributed by atoms with Gasteiger partial charge in [-0.2, -0.15) is 0 Å². The second-order valence-electron chi connectivity index (χ2n) is 9.09. The van der Waals surface area contributed by atoms with Crippen LogP contribution in [0.25, 0.3) is 11.1 Å². The summed E-state index contributed by atoms with van der Waals surface area (Å²) >= 11 is 0. The Hall–Kier alpha value is -4.78. The maximum atomic E-state index is 13.8. The minimum atomic E-state index is -0.976. The Labute approximate surface area is 228 Å². The highest BCUT2D eigenvalue weighted by molar-refractivity contribution is 6.06. The molecule has 39 heavy (non-hydrogen) atoms. The monoisotopic (exact) mass is 521 g/mol. The van der Waals surface area contributed by atoms with Crippen molar-refractivity contribution < 1.29 is 19.5 Å². The molecule has 4 aromatic rings. The highest BCUT2D eigenvalue weighted by atomic mass is 16.4. The van der Waals surface area contributed by atoms with Crippen LogP contribution in [0.15, 0.2) is 103 Å². The number of benzene rings is 3. The zero-order valence-corrected chi connectivity index (χ0v) is 21.6. The standard InChI is InChI=1S/C32H31N3O4/c36-30(37)19-23-35(22-18-25-12-8-9-20-33-25)32(39)29-16-7-5-14-27(29)26-13-4-6-15-28(26)31(38)34-21-17-24-10-2-1-3-11-24/h1-16,20H,17-19,21-23H2,(H,34,38)(H,36,37). The molecule has 1 aromatic heterocycles. The van der Waals surface area contributed by atoms with Crippen LogP contribution >= 0.6 is 0 Å². The number of rotatable bonds is 12. The van der Waals surface area contributed by atoms with Crippen LogP contribution in [0.2, 0.25) is 0 Å². The van der Waals surface area contributed by atoms with Gasteiger partial charge in [0, 0.05) is 49.1 Å². The first kappa shape index (κ1) is 27.3. The van der Waals surface area contributed by atoms with Crippen molar-refractivity contribution in [2.24, 2.45) is 0 Å². The molecule has 0 radical (unpaired) electrons. The number of hydrogen-bond acceptors (Lipinski definition) is 4. The van der Waals surface area contributed by atoms with Crippen molar-refractivity contribution in [3.8, 4) is 11.1 Å². The topological polar surface area (TPSA) is 99.6 Å². The van der Waals surface area contributed by atoms with E-state index in [1.807, 2.05) is 72.8 Å². The van der Waals surface area contributed by atoms with Gasteiger partial charge in [0.2, 0.25) is 0 Å². The lowest BCUT2D eigenvalue weighted by Gasteiger charge is -2.24. The zero-order chi connectivity index (χ0) is 27.5. The molecule has 198 valence electrons. The molecule has 0 aliphatic rings. The van der Waals surface area contributed by atoms with Crippen LogP contribution in [0, 0.1) is 0 Å². The maximum Gasteiger partial charge on any atom is 0.305 e. The lowest BCUT2D eigenvalue weighted by Crippen LogP contribution is -2.35. The van der Waals surface area contributed by atoms with Gasteiger partial charge in [-0.1, -0.05) is 72.8 Å². The van der Waals surface area contributed by atoms with E-state index in [-0.39, 0.29) is 24.8 Å². The van der Waals surface area contributed by atoms with E-state index in [0.29, 0.717) is 48.2 Å². The summed E-state index contributed by atoms with van der Waals surface area (Å²) in [6, 6.07) is 29.8. The van der Waals surface area contributed by atoms with E-state index in [9.17, 15) is 19.5 Å². The van der Waals surface area contributed by atoms with Crippen molar-refractivity contribution in [1.29, 1.82) is 0 Å². The molecular formula is C32H31N3O4. The summed E-state index contributed by atoms with van der Waals surface area (Å²) in [4.78, 5) is 44.2. The smallest absolute Gasteiger partial charge is 0.305 e. The molecule has 0 unspecified atom stereocenters. The molecule has 0 fully saturated rings. The molecule has 7 heteroatoms. The number of aliphatic carboxylic acids is 1. The van der Waals surface area contributed by atoms with Crippen LogP contribution in [-0.4, -0.2) is 52.4 Å². The average Bonchev–Trinajstić information content (AvgIpc) is 2.98. The van der Waals surface area contributed by atoms with E-state index in [1.165, 1.54) is 0 Å². The summed E-state index contributed by atoms with van der Waals surface area (Å²) in [6.07, 6.45) is 2.72. The third kappa shape index (κ3) is 7.61. The van der Waals surface area contributed by atoms with E-state index in [4.69, 9.17) is 0 Å². The average molecular weight is 522 g/mol. The van der Waals surface area contributed by atoms with E-state index < -0.39 is 5.97 Å². The fourth-order valence-electron chi connectivity index (χ4n) is 4.39. The van der Waals surface area contributed by atoms with E-state index >= 15 is 0 Å². The molecule has 0 saturated carbocycles. The predicted molar refractivity (Wildman–Crippen MR) is 150 cm³/mol. The first-order chi connectivity index (χ1) is 19.0. The number of carboxylic acids is 1. The molecule has 0 aliphatic carbocycles. The van der Waals surface area contributed by atoms with Gasteiger partial charge < -0.3 is 15.3 Å². The third-order valence-electron chi connectivity index (χ3n) is 6.41. The van der Waals surface area contributed by atoms with Crippen LogP contribution in [0.4, 0.5) is 0 Å². The second-order valence-corrected chi connectivity index (χ2v) is 9.09. The Bertz CT molecular complexity index is 1410. The molecule has 7 nitrogen and oxygen atoms in total. The number of nitrogens with zero attached hydrogens (tertiary/aromatic N) is 2. The zero-order valence-electron chi connectivity index (χ0n) is 21.6. The van der Waals surface area contributed by atoms with Gasteiger partial charge in [-0.15, -0.1) is 0 Å². The number of amides is 2. The van der Waals surface area contributed by atoms with Crippen LogP contribution in [0.1, 0.15) is 38.4 Å². The van der Waals surface area contributed by atoms with Crippen LogP contribution in [0.5, 0.6) is 0 Å². The van der Waals surface area contributed by atoms with Gasteiger partial charge in [0.25, 0.3) is 11.8 Å². The second kappa shape index (κ2) is 13.7. The Morgan fingerprint density at radius 1 is 0.718 bits per heavy atom. The van der Waals surface area contributed by atoms with Crippen LogP contribution < -0.4 is 5.32 Å². The molecule has 2 amide bonds. The number of nitrogens with one attached hydrogen (secondary N) is 1. The first-order valence-electron chi connectivity index (χ1n) is 12.9. The lowest BCUT2D eigenvalue weighted by molar-refractivity contribution is -0.137. The minimum absolute atomic E-state index is 0.0664. The fraction of sp³-hybridized carbons (Fsp3) is 0.188. The molecule has 0 saturated heterocycles. The van der Waals surface area contributed by atoms with E-state index in [1.54, 1.807) is 35.4 Å². The Kier molecular flexibility index (Phi) is 9.56. The fourth-order valence-corrected chi connectivity index (χ4v) is 4.39. The van der Waals surface area contributed by atoms with Crippen molar-refractivity contribution in [2.45, 2.75) is 19.3 Å².